The molecule has 1 saturated heterocycles. The molecule has 5 rings (SSSR count). The third-order valence-corrected chi connectivity index (χ3v) is 6.42. The van der Waals surface area contributed by atoms with Crippen LogP contribution in [0.15, 0.2) is 60.7 Å². The van der Waals surface area contributed by atoms with Gasteiger partial charge in [-0.3, -0.25) is 4.79 Å². The smallest absolute Gasteiger partial charge is 0.322 e. The van der Waals surface area contributed by atoms with E-state index in [-0.39, 0.29) is 30.1 Å². The fourth-order valence-corrected chi connectivity index (χ4v) is 4.48. The normalized spacial score (nSPS) is 18.9. The minimum Gasteiger partial charge on any atom is -0.497 e. The van der Waals surface area contributed by atoms with Gasteiger partial charge in [0.1, 0.15) is 29.2 Å². The summed E-state index contributed by atoms with van der Waals surface area (Å²) in [4.78, 5) is 29.2. The Bertz CT molecular complexity index is 1300. The van der Waals surface area contributed by atoms with Crippen LogP contribution in [0.5, 0.6) is 11.5 Å². The molecule has 0 aromatic heterocycles. The summed E-state index contributed by atoms with van der Waals surface area (Å²) in [7, 11) is 3.24. The third kappa shape index (κ3) is 4.25. The number of amides is 3. The number of benzene rings is 3. The number of nitrogens with one attached hydrogen (secondary N) is 1. The van der Waals surface area contributed by atoms with E-state index >= 15 is 0 Å². The molecule has 3 aromatic carbocycles. The van der Waals surface area contributed by atoms with Crippen molar-refractivity contribution in [2.75, 3.05) is 32.6 Å². The molecule has 0 spiro atoms. The first-order chi connectivity index (χ1) is 16.8. The molecule has 180 valence electrons. The second-order valence-corrected chi connectivity index (χ2v) is 8.54. The lowest BCUT2D eigenvalue weighted by Crippen LogP contribution is -2.44. The van der Waals surface area contributed by atoms with Crippen LogP contribution in [-0.4, -0.2) is 61.1 Å². The lowest BCUT2D eigenvalue weighted by Gasteiger charge is -2.25. The Labute approximate surface area is 200 Å². The van der Waals surface area contributed by atoms with Crippen LogP contribution in [0.3, 0.4) is 0 Å². The van der Waals surface area contributed by atoms with Crippen LogP contribution in [-0.2, 0) is 0 Å². The van der Waals surface area contributed by atoms with E-state index in [0.29, 0.717) is 34.9 Å². The number of methoxy groups -OCH3 is 1. The van der Waals surface area contributed by atoms with Crippen molar-refractivity contribution in [3.05, 3.63) is 77.9 Å². The molecule has 0 bridgehead atoms. The Morgan fingerprint density at radius 2 is 1.77 bits per heavy atom. The number of hydrogen-bond acceptors (Lipinski definition) is 4. The number of hydrogen-bond donors (Lipinski definition) is 1. The minimum absolute atomic E-state index is 0.200. The summed E-state index contributed by atoms with van der Waals surface area (Å²) in [6.07, 6.45) is -0.472. The van der Waals surface area contributed by atoms with Crippen LogP contribution in [0.25, 0.3) is 11.1 Å². The van der Waals surface area contributed by atoms with Gasteiger partial charge in [-0.2, -0.15) is 0 Å². The van der Waals surface area contributed by atoms with E-state index in [0.717, 1.165) is 6.07 Å². The molecule has 0 saturated carbocycles. The minimum atomic E-state index is -0.706. The summed E-state index contributed by atoms with van der Waals surface area (Å²) in [5, 5.41) is 2.85. The number of rotatable bonds is 3. The Morgan fingerprint density at radius 1 is 1.03 bits per heavy atom. The molecule has 35 heavy (non-hydrogen) atoms. The van der Waals surface area contributed by atoms with E-state index in [9.17, 15) is 18.4 Å². The zero-order chi connectivity index (χ0) is 24.7. The topological polar surface area (TPSA) is 71.1 Å². The van der Waals surface area contributed by atoms with E-state index in [1.54, 1.807) is 66.4 Å². The van der Waals surface area contributed by atoms with Crippen LogP contribution in [0, 0.1) is 11.6 Å². The van der Waals surface area contributed by atoms with Gasteiger partial charge >= 0.3 is 6.03 Å². The number of ether oxygens (including phenoxy) is 2. The maximum Gasteiger partial charge on any atom is 0.322 e. The van der Waals surface area contributed by atoms with Crippen molar-refractivity contribution in [2.45, 2.75) is 12.1 Å². The summed E-state index contributed by atoms with van der Waals surface area (Å²) in [5.74, 6) is -0.652. The first-order valence-corrected chi connectivity index (χ1v) is 11.1. The van der Waals surface area contributed by atoms with Gasteiger partial charge in [0.15, 0.2) is 0 Å². The molecular weight excluding hydrogens is 456 g/mol. The van der Waals surface area contributed by atoms with Gasteiger partial charge in [0.2, 0.25) is 0 Å². The maximum absolute atomic E-state index is 14.3. The number of likely N-dealkylation sites (N-methyl/N-ethyl adjacent to an activating group) is 1. The molecule has 0 radical (unpaired) electrons. The highest BCUT2D eigenvalue weighted by Crippen LogP contribution is 2.35. The second kappa shape index (κ2) is 8.90. The molecule has 3 amide bonds. The zero-order valence-electron chi connectivity index (χ0n) is 19.1. The van der Waals surface area contributed by atoms with E-state index in [1.807, 2.05) is 0 Å². The van der Waals surface area contributed by atoms with Crippen molar-refractivity contribution >= 4 is 17.6 Å². The molecular formula is C26H23F2N3O4. The average molecular weight is 479 g/mol. The Morgan fingerprint density at radius 3 is 2.49 bits per heavy atom. The molecule has 2 aliphatic rings. The number of fused-ring (bicyclic) bond motifs is 2. The molecule has 2 aliphatic heterocycles. The summed E-state index contributed by atoms with van der Waals surface area (Å²) in [6, 6.07) is 14.4. The summed E-state index contributed by atoms with van der Waals surface area (Å²) < 4.78 is 39.0. The monoisotopic (exact) mass is 479 g/mol. The molecule has 7 nitrogen and oxygen atoms in total. The van der Waals surface area contributed by atoms with Gasteiger partial charge in [-0.05, 0) is 54.1 Å². The predicted molar refractivity (Wildman–Crippen MR) is 126 cm³/mol. The molecule has 0 unspecified atom stereocenters. The first-order valence-electron chi connectivity index (χ1n) is 11.1. The van der Waals surface area contributed by atoms with Crippen LogP contribution in [0.4, 0.5) is 19.3 Å². The summed E-state index contributed by atoms with van der Waals surface area (Å²) >= 11 is 0. The van der Waals surface area contributed by atoms with Crippen molar-refractivity contribution in [3.63, 3.8) is 0 Å². The van der Waals surface area contributed by atoms with Crippen molar-refractivity contribution < 1.29 is 27.8 Å². The number of likely N-dealkylation sites (tertiary alicyclic amines) is 1. The number of carbonyl (C=O) groups is 2. The van der Waals surface area contributed by atoms with Gasteiger partial charge in [-0.25, -0.2) is 13.6 Å². The summed E-state index contributed by atoms with van der Waals surface area (Å²) in [5.41, 5.74) is 1.63. The van der Waals surface area contributed by atoms with Crippen molar-refractivity contribution in [1.29, 1.82) is 0 Å². The number of halogens is 2. The predicted octanol–water partition coefficient (Wildman–Crippen LogP) is 4.39. The highest BCUT2D eigenvalue weighted by molar-refractivity contribution is 5.98. The fraction of sp³-hybridized carbons (Fsp3) is 0.231. The molecule has 0 aliphatic carbocycles. The molecule has 3 aromatic rings. The molecule has 1 fully saturated rings. The van der Waals surface area contributed by atoms with Crippen molar-refractivity contribution in [2.24, 2.45) is 0 Å². The van der Waals surface area contributed by atoms with E-state index in [2.05, 4.69) is 5.32 Å². The number of nitrogens with zero attached hydrogens (tertiary/aromatic N) is 2. The maximum atomic E-state index is 14.3. The lowest BCUT2D eigenvalue weighted by atomic mass is 10.0. The van der Waals surface area contributed by atoms with Gasteiger partial charge in [0, 0.05) is 30.9 Å². The summed E-state index contributed by atoms with van der Waals surface area (Å²) in [6.45, 7) is 0.557. The van der Waals surface area contributed by atoms with Crippen molar-refractivity contribution in [3.8, 4) is 22.6 Å². The fourth-order valence-electron chi connectivity index (χ4n) is 4.48. The standard InChI is InChI=1S/C26H23F2N3O4/c1-30-22-13-31(26(33)29-17-5-7-18(34-2)8-6-17)14-24(22)35-23-11-15(3-9-20(23)25(30)32)19-10-4-16(27)12-21(19)28/h3-12,22,24H,13-14H2,1-2H3,(H,29,33)/t22-,24+/m1/s1. The SMILES string of the molecule is COc1ccc(NC(=O)N2C[C@@H]3Oc4cc(-c5ccc(F)cc5F)ccc4C(=O)N(C)[C@@H]3C2)cc1. The van der Waals surface area contributed by atoms with Crippen LogP contribution in [0.2, 0.25) is 0 Å². The molecule has 1 N–H and O–H groups in total. The van der Waals surface area contributed by atoms with E-state index in [1.165, 1.54) is 12.1 Å². The average Bonchev–Trinajstić information content (AvgIpc) is 3.24. The van der Waals surface area contributed by atoms with Crippen LogP contribution >= 0.6 is 0 Å². The number of carbonyl (C=O) groups excluding carboxylic acids is 2. The largest absolute Gasteiger partial charge is 0.497 e. The van der Waals surface area contributed by atoms with Gasteiger partial charge in [-0.15, -0.1) is 0 Å². The lowest BCUT2D eigenvalue weighted by molar-refractivity contribution is 0.0682. The Hall–Kier alpha value is -4.14. The van der Waals surface area contributed by atoms with E-state index in [4.69, 9.17) is 9.47 Å². The van der Waals surface area contributed by atoms with Gasteiger partial charge in [0.05, 0.1) is 25.3 Å². The molecule has 2 atom stereocenters. The van der Waals surface area contributed by atoms with Gasteiger partial charge < -0.3 is 24.6 Å². The van der Waals surface area contributed by atoms with Crippen LogP contribution < -0.4 is 14.8 Å². The molecule has 9 heteroatoms. The second-order valence-electron chi connectivity index (χ2n) is 8.54. The highest BCUT2D eigenvalue weighted by Gasteiger charge is 2.43. The van der Waals surface area contributed by atoms with Gasteiger partial charge in [-0.1, -0.05) is 6.07 Å². The first kappa shape index (κ1) is 22.6. The third-order valence-electron chi connectivity index (χ3n) is 6.42. The molecule has 2 heterocycles. The van der Waals surface area contributed by atoms with Crippen molar-refractivity contribution in [1.82, 2.24) is 9.80 Å². The van der Waals surface area contributed by atoms with Gasteiger partial charge in [0.25, 0.3) is 5.91 Å². The number of anilines is 1. The van der Waals surface area contributed by atoms with Crippen LogP contribution in [0.1, 0.15) is 10.4 Å². The zero-order valence-corrected chi connectivity index (χ0v) is 19.1. The number of urea groups is 1. The quantitative estimate of drug-likeness (QED) is 0.605. The van der Waals surface area contributed by atoms with E-state index < -0.39 is 17.7 Å². The highest BCUT2D eigenvalue weighted by atomic mass is 19.1. The Kier molecular flexibility index (Phi) is 5.76. The Balaban J connectivity index is 1.37.